The number of carbonyl (C=O) groups is 2. The number of hydrogen-bond acceptors (Lipinski definition) is 2. The lowest BCUT2D eigenvalue weighted by Gasteiger charge is -2.20. The Balaban J connectivity index is 1.58. The molecular weight excluding hydrogens is 468 g/mol. The van der Waals surface area contributed by atoms with E-state index in [2.05, 4.69) is 22.8 Å². The molecular formula is C34H24N2O2. The van der Waals surface area contributed by atoms with E-state index in [-0.39, 0.29) is 11.8 Å². The molecule has 38 heavy (non-hydrogen) atoms. The lowest BCUT2D eigenvalue weighted by atomic mass is 9.90. The van der Waals surface area contributed by atoms with Gasteiger partial charge in [0.15, 0.2) is 0 Å². The molecule has 0 atom stereocenters. The SMILES string of the molecule is O=C(Nc1ccc2ccccc2c1-c1c(NC(=O)c2ccccc2)ccc2ccccc12)c1ccccc1. The van der Waals surface area contributed by atoms with Gasteiger partial charge in [0.1, 0.15) is 0 Å². The number of hydrogen-bond donors (Lipinski definition) is 2. The number of amides is 2. The molecule has 0 bridgehead atoms. The van der Waals surface area contributed by atoms with Crippen molar-refractivity contribution >= 4 is 44.7 Å². The Morgan fingerprint density at radius 3 is 1.18 bits per heavy atom. The third-order valence-electron chi connectivity index (χ3n) is 6.68. The molecule has 4 nitrogen and oxygen atoms in total. The van der Waals surface area contributed by atoms with E-state index in [0.717, 1.165) is 32.7 Å². The monoisotopic (exact) mass is 492 g/mol. The van der Waals surface area contributed by atoms with E-state index in [1.165, 1.54) is 0 Å². The zero-order valence-electron chi connectivity index (χ0n) is 20.5. The van der Waals surface area contributed by atoms with Crippen LogP contribution in [0.1, 0.15) is 20.7 Å². The van der Waals surface area contributed by atoms with Gasteiger partial charge in [-0.3, -0.25) is 9.59 Å². The fourth-order valence-corrected chi connectivity index (χ4v) is 4.86. The maximum atomic E-state index is 13.3. The zero-order chi connectivity index (χ0) is 25.9. The van der Waals surface area contributed by atoms with Crippen molar-refractivity contribution in [2.75, 3.05) is 10.6 Å². The first-order chi connectivity index (χ1) is 18.7. The Kier molecular flexibility index (Phi) is 6.12. The minimum atomic E-state index is -0.197. The van der Waals surface area contributed by atoms with Crippen LogP contribution in [-0.4, -0.2) is 11.8 Å². The van der Waals surface area contributed by atoms with E-state index in [0.29, 0.717) is 22.5 Å². The summed E-state index contributed by atoms with van der Waals surface area (Å²) in [6, 6.07) is 42.4. The van der Waals surface area contributed by atoms with Crippen LogP contribution in [-0.2, 0) is 0 Å². The molecule has 6 aromatic carbocycles. The molecule has 0 fully saturated rings. The quantitative estimate of drug-likeness (QED) is 0.255. The molecule has 0 aliphatic carbocycles. The Bertz CT molecular complexity index is 1660. The molecule has 0 heterocycles. The maximum Gasteiger partial charge on any atom is 0.255 e. The van der Waals surface area contributed by atoms with Gasteiger partial charge in [-0.1, -0.05) is 97.1 Å². The van der Waals surface area contributed by atoms with Crippen LogP contribution in [0.25, 0.3) is 32.7 Å². The lowest BCUT2D eigenvalue weighted by Crippen LogP contribution is -2.14. The van der Waals surface area contributed by atoms with Gasteiger partial charge in [0, 0.05) is 33.6 Å². The highest BCUT2D eigenvalue weighted by Gasteiger charge is 2.20. The van der Waals surface area contributed by atoms with Gasteiger partial charge in [0.05, 0.1) is 0 Å². The number of rotatable bonds is 5. The summed E-state index contributed by atoms with van der Waals surface area (Å²) in [5, 5.41) is 10.3. The average Bonchev–Trinajstić information content (AvgIpc) is 2.98. The Labute approximate surface area is 220 Å². The summed E-state index contributed by atoms with van der Waals surface area (Å²) in [6.45, 7) is 0. The van der Waals surface area contributed by atoms with Crippen molar-refractivity contribution in [2.24, 2.45) is 0 Å². The standard InChI is InChI=1S/C34H24N2O2/c37-33(25-13-3-1-4-14-25)35-29-21-19-23-11-7-9-17-27(23)31(29)32-28-18-10-8-12-24(28)20-22-30(32)36-34(38)26-15-5-2-6-16-26/h1-22H,(H,35,37)(H,36,38). The Morgan fingerprint density at radius 2 is 0.763 bits per heavy atom. The van der Waals surface area contributed by atoms with E-state index in [9.17, 15) is 9.59 Å². The highest BCUT2D eigenvalue weighted by Crippen LogP contribution is 2.43. The molecule has 0 radical (unpaired) electrons. The van der Waals surface area contributed by atoms with Gasteiger partial charge < -0.3 is 10.6 Å². The second-order valence-corrected chi connectivity index (χ2v) is 9.06. The van der Waals surface area contributed by atoms with Gasteiger partial charge in [-0.2, -0.15) is 0 Å². The minimum Gasteiger partial charge on any atom is -0.321 e. The smallest absolute Gasteiger partial charge is 0.255 e. The summed E-state index contributed by atoms with van der Waals surface area (Å²) in [5.74, 6) is -0.394. The third-order valence-corrected chi connectivity index (χ3v) is 6.68. The number of fused-ring (bicyclic) bond motifs is 2. The molecule has 0 aromatic heterocycles. The first-order valence-corrected chi connectivity index (χ1v) is 12.5. The maximum absolute atomic E-state index is 13.3. The van der Waals surface area contributed by atoms with Gasteiger partial charge in [0.2, 0.25) is 0 Å². The van der Waals surface area contributed by atoms with Gasteiger partial charge >= 0.3 is 0 Å². The van der Waals surface area contributed by atoms with Gasteiger partial charge in [-0.15, -0.1) is 0 Å². The summed E-state index contributed by atoms with van der Waals surface area (Å²) >= 11 is 0. The van der Waals surface area contributed by atoms with Crippen LogP contribution in [0.15, 0.2) is 133 Å². The number of carbonyl (C=O) groups excluding carboxylic acids is 2. The molecule has 0 saturated heterocycles. The molecule has 6 aromatic rings. The first-order valence-electron chi connectivity index (χ1n) is 12.5. The largest absolute Gasteiger partial charge is 0.321 e. The normalized spacial score (nSPS) is 10.8. The van der Waals surface area contributed by atoms with Crippen molar-refractivity contribution in [3.05, 3.63) is 145 Å². The van der Waals surface area contributed by atoms with Crippen LogP contribution in [0.4, 0.5) is 11.4 Å². The summed E-state index contributed by atoms with van der Waals surface area (Å²) in [6.07, 6.45) is 0. The molecule has 182 valence electrons. The van der Waals surface area contributed by atoms with Gasteiger partial charge in [-0.05, 0) is 57.9 Å². The van der Waals surface area contributed by atoms with Crippen LogP contribution >= 0.6 is 0 Å². The van der Waals surface area contributed by atoms with Crippen molar-refractivity contribution < 1.29 is 9.59 Å². The van der Waals surface area contributed by atoms with Crippen molar-refractivity contribution in [2.45, 2.75) is 0 Å². The number of benzene rings is 6. The van der Waals surface area contributed by atoms with Crippen LogP contribution in [0.3, 0.4) is 0 Å². The van der Waals surface area contributed by atoms with E-state index < -0.39 is 0 Å². The second kappa shape index (κ2) is 10.0. The minimum absolute atomic E-state index is 0.197. The van der Waals surface area contributed by atoms with E-state index >= 15 is 0 Å². The van der Waals surface area contributed by atoms with Gasteiger partial charge in [-0.25, -0.2) is 0 Å². The molecule has 2 N–H and O–H groups in total. The average molecular weight is 493 g/mol. The Morgan fingerprint density at radius 1 is 0.395 bits per heavy atom. The molecule has 0 aliphatic heterocycles. The molecule has 2 amide bonds. The van der Waals surface area contributed by atoms with Crippen LogP contribution in [0.2, 0.25) is 0 Å². The highest BCUT2D eigenvalue weighted by molar-refractivity contribution is 6.18. The summed E-state index contributed by atoms with van der Waals surface area (Å²) in [7, 11) is 0. The fourth-order valence-electron chi connectivity index (χ4n) is 4.86. The van der Waals surface area contributed by atoms with E-state index in [4.69, 9.17) is 0 Å². The predicted octanol–water partition coefficient (Wildman–Crippen LogP) is 8.16. The van der Waals surface area contributed by atoms with E-state index in [1.807, 2.05) is 97.1 Å². The summed E-state index contributed by atoms with van der Waals surface area (Å²) in [5.41, 5.74) is 4.19. The third kappa shape index (κ3) is 4.40. The van der Waals surface area contributed by atoms with Crippen LogP contribution < -0.4 is 10.6 Å². The number of anilines is 2. The first kappa shape index (κ1) is 23.2. The highest BCUT2D eigenvalue weighted by atomic mass is 16.2. The zero-order valence-corrected chi connectivity index (χ0v) is 20.5. The summed E-state index contributed by atoms with van der Waals surface area (Å²) in [4.78, 5) is 26.5. The fraction of sp³-hybridized carbons (Fsp3) is 0. The van der Waals surface area contributed by atoms with Gasteiger partial charge in [0.25, 0.3) is 11.8 Å². The molecule has 0 unspecified atom stereocenters. The second-order valence-electron chi connectivity index (χ2n) is 9.06. The van der Waals surface area contributed by atoms with Crippen molar-refractivity contribution in [1.29, 1.82) is 0 Å². The van der Waals surface area contributed by atoms with Crippen molar-refractivity contribution in [3.8, 4) is 11.1 Å². The molecule has 4 heteroatoms. The Hall–Kier alpha value is -5.22. The topological polar surface area (TPSA) is 58.2 Å². The van der Waals surface area contributed by atoms with Crippen LogP contribution in [0.5, 0.6) is 0 Å². The summed E-state index contributed by atoms with van der Waals surface area (Å²) < 4.78 is 0. The van der Waals surface area contributed by atoms with Crippen molar-refractivity contribution in [1.82, 2.24) is 0 Å². The predicted molar refractivity (Wildman–Crippen MR) is 156 cm³/mol. The molecule has 0 spiro atoms. The van der Waals surface area contributed by atoms with E-state index in [1.54, 1.807) is 24.3 Å². The molecule has 0 saturated carbocycles. The molecule has 6 rings (SSSR count). The van der Waals surface area contributed by atoms with Crippen molar-refractivity contribution in [3.63, 3.8) is 0 Å². The lowest BCUT2D eigenvalue weighted by molar-refractivity contribution is 0.101. The molecule has 0 aliphatic rings. The van der Waals surface area contributed by atoms with Crippen LogP contribution in [0, 0.1) is 0 Å². The number of nitrogens with one attached hydrogen (secondary N) is 2.